The SMILES string of the molecule is COc1ccc(C)cc1C(=O)CNc1ccccc1F. The lowest BCUT2D eigenvalue weighted by Crippen LogP contribution is -2.15. The van der Waals surface area contributed by atoms with Gasteiger partial charge in [-0.3, -0.25) is 4.79 Å². The zero-order valence-electron chi connectivity index (χ0n) is 11.4. The number of rotatable bonds is 5. The van der Waals surface area contributed by atoms with Crippen molar-refractivity contribution in [2.24, 2.45) is 0 Å². The van der Waals surface area contributed by atoms with Crippen LogP contribution in [-0.4, -0.2) is 19.4 Å². The first-order valence-electron chi connectivity index (χ1n) is 6.28. The van der Waals surface area contributed by atoms with Gasteiger partial charge in [0.1, 0.15) is 11.6 Å². The van der Waals surface area contributed by atoms with Crippen molar-refractivity contribution in [1.82, 2.24) is 0 Å². The summed E-state index contributed by atoms with van der Waals surface area (Å²) in [5, 5.41) is 2.80. The van der Waals surface area contributed by atoms with Gasteiger partial charge in [0, 0.05) is 0 Å². The van der Waals surface area contributed by atoms with E-state index in [0.29, 0.717) is 17.0 Å². The van der Waals surface area contributed by atoms with E-state index in [2.05, 4.69) is 5.32 Å². The largest absolute Gasteiger partial charge is 0.496 e. The first-order chi connectivity index (χ1) is 9.61. The molecule has 104 valence electrons. The molecular formula is C16H16FNO2. The molecule has 0 aliphatic heterocycles. The quantitative estimate of drug-likeness (QED) is 0.848. The zero-order valence-corrected chi connectivity index (χ0v) is 11.4. The summed E-state index contributed by atoms with van der Waals surface area (Å²) in [5.74, 6) is 0.00115. The lowest BCUT2D eigenvalue weighted by molar-refractivity contribution is 0.100. The van der Waals surface area contributed by atoms with Gasteiger partial charge in [0.25, 0.3) is 0 Å². The Morgan fingerprint density at radius 1 is 1.25 bits per heavy atom. The highest BCUT2D eigenvalue weighted by molar-refractivity contribution is 6.01. The van der Waals surface area contributed by atoms with Crippen LogP contribution in [0.4, 0.5) is 10.1 Å². The molecule has 0 heterocycles. The molecule has 4 heteroatoms. The molecule has 0 radical (unpaired) electrons. The Morgan fingerprint density at radius 3 is 2.70 bits per heavy atom. The normalized spacial score (nSPS) is 10.2. The molecule has 0 atom stereocenters. The van der Waals surface area contributed by atoms with Gasteiger partial charge < -0.3 is 10.1 Å². The minimum Gasteiger partial charge on any atom is -0.496 e. The van der Waals surface area contributed by atoms with Crippen molar-refractivity contribution in [3.8, 4) is 5.75 Å². The van der Waals surface area contributed by atoms with E-state index in [-0.39, 0.29) is 18.1 Å². The number of hydrogen-bond acceptors (Lipinski definition) is 3. The van der Waals surface area contributed by atoms with Gasteiger partial charge in [0.15, 0.2) is 5.78 Å². The smallest absolute Gasteiger partial charge is 0.185 e. The summed E-state index contributed by atoms with van der Waals surface area (Å²) in [4.78, 5) is 12.2. The summed E-state index contributed by atoms with van der Waals surface area (Å²) in [6.45, 7) is 1.92. The summed E-state index contributed by atoms with van der Waals surface area (Å²) in [6, 6.07) is 11.7. The van der Waals surface area contributed by atoms with Crippen molar-refractivity contribution in [1.29, 1.82) is 0 Å². The van der Waals surface area contributed by atoms with Crippen LogP contribution in [0.2, 0.25) is 0 Å². The van der Waals surface area contributed by atoms with E-state index in [1.807, 2.05) is 13.0 Å². The Kier molecular flexibility index (Phi) is 4.35. The number of nitrogens with one attached hydrogen (secondary N) is 1. The molecule has 0 fully saturated rings. The third kappa shape index (κ3) is 3.15. The van der Waals surface area contributed by atoms with E-state index in [4.69, 9.17) is 4.74 Å². The van der Waals surface area contributed by atoms with E-state index in [1.54, 1.807) is 30.3 Å². The fourth-order valence-corrected chi connectivity index (χ4v) is 1.92. The summed E-state index contributed by atoms with van der Waals surface area (Å²) in [7, 11) is 1.52. The molecule has 20 heavy (non-hydrogen) atoms. The molecule has 0 saturated heterocycles. The maximum absolute atomic E-state index is 13.5. The average molecular weight is 273 g/mol. The second-order valence-corrected chi connectivity index (χ2v) is 4.46. The zero-order chi connectivity index (χ0) is 14.5. The van der Waals surface area contributed by atoms with Gasteiger partial charge in [0.2, 0.25) is 0 Å². The number of para-hydroxylation sites is 1. The lowest BCUT2D eigenvalue weighted by Gasteiger charge is -2.10. The van der Waals surface area contributed by atoms with E-state index in [9.17, 15) is 9.18 Å². The molecule has 2 aromatic carbocycles. The Hall–Kier alpha value is -2.36. The van der Waals surface area contributed by atoms with E-state index < -0.39 is 0 Å². The lowest BCUT2D eigenvalue weighted by atomic mass is 10.1. The number of Topliss-reactive ketones (excluding diaryl/α,β-unsaturated/α-hetero) is 1. The molecule has 0 spiro atoms. The standard InChI is InChI=1S/C16H16FNO2/c1-11-7-8-16(20-2)12(9-11)15(19)10-18-14-6-4-3-5-13(14)17/h3-9,18H,10H2,1-2H3. The highest BCUT2D eigenvalue weighted by atomic mass is 19.1. The molecular weight excluding hydrogens is 257 g/mol. The predicted molar refractivity (Wildman–Crippen MR) is 77.0 cm³/mol. The number of halogens is 1. The topological polar surface area (TPSA) is 38.3 Å². The van der Waals surface area contributed by atoms with Crippen LogP contribution in [0.3, 0.4) is 0 Å². The molecule has 1 N–H and O–H groups in total. The van der Waals surface area contributed by atoms with Crippen molar-refractivity contribution in [3.63, 3.8) is 0 Å². The Morgan fingerprint density at radius 2 is 2.00 bits per heavy atom. The second kappa shape index (κ2) is 6.19. The number of methoxy groups -OCH3 is 1. The molecule has 0 saturated carbocycles. The fourth-order valence-electron chi connectivity index (χ4n) is 1.92. The summed E-state index contributed by atoms with van der Waals surface area (Å²) in [6.07, 6.45) is 0. The van der Waals surface area contributed by atoms with Crippen LogP contribution in [0.5, 0.6) is 5.75 Å². The van der Waals surface area contributed by atoms with Crippen molar-refractivity contribution in [3.05, 3.63) is 59.4 Å². The highest BCUT2D eigenvalue weighted by Gasteiger charge is 2.12. The molecule has 0 bridgehead atoms. The third-order valence-corrected chi connectivity index (χ3v) is 2.97. The molecule has 0 amide bonds. The van der Waals surface area contributed by atoms with Gasteiger partial charge >= 0.3 is 0 Å². The van der Waals surface area contributed by atoms with Gasteiger partial charge in [-0.15, -0.1) is 0 Å². The molecule has 3 nitrogen and oxygen atoms in total. The number of anilines is 1. The summed E-state index contributed by atoms with van der Waals surface area (Å²) in [5.41, 5.74) is 1.78. The van der Waals surface area contributed by atoms with Crippen molar-refractivity contribution < 1.29 is 13.9 Å². The monoisotopic (exact) mass is 273 g/mol. The maximum Gasteiger partial charge on any atom is 0.185 e. The molecule has 0 aliphatic carbocycles. The van der Waals surface area contributed by atoms with E-state index >= 15 is 0 Å². The summed E-state index contributed by atoms with van der Waals surface area (Å²) >= 11 is 0. The number of ether oxygens (including phenoxy) is 1. The maximum atomic E-state index is 13.5. The van der Waals surface area contributed by atoms with E-state index in [1.165, 1.54) is 13.2 Å². The first-order valence-corrected chi connectivity index (χ1v) is 6.28. The molecule has 2 rings (SSSR count). The van der Waals surface area contributed by atoms with Crippen molar-refractivity contribution in [2.45, 2.75) is 6.92 Å². The summed E-state index contributed by atoms with van der Waals surface area (Å²) < 4.78 is 18.6. The number of ketones is 1. The second-order valence-electron chi connectivity index (χ2n) is 4.46. The highest BCUT2D eigenvalue weighted by Crippen LogP contribution is 2.20. The number of carbonyl (C=O) groups is 1. The van der Waals surface area contributed by atoms with Gasteiger partial charge in [-0.1, -0.05) is 23.8 Å². The Balaban J connectivity index is 2.13. The van der Waals surface area contributed by atoms with Crippen LogP contribution >= 0.6 is 0 Å². The minimum absolute atomic E-state index is 0.0146. The minimum atomic E-state index is -0.378. The predicted octanol–water partition coefficient (Wildman–Crippen LogP) is 3.44. The third-order valence-electron chi connectivity index (χ3n) is 2.97. The van der Waals surface area contributed by atoms with Gasteiger partial charge in [-0.05, 0) is 31.2 Å². The van der Waals surface area contributed by atoms with Gasteiger partial charge in [-0.25, -0.2) is 4.39 Å². The number of hydrogen-bond donors (Lipinski definition) is 1. The van der Waals surface area contributed by atoms with Crippen LogP contribution in [0.1, 0.15) is 15.9 Å². The molecule has 2 aromatic rings. The average Bonchev–Trinajstić information content (AvgIpc) is 2.46. The van der Waals surface area contributed by atoms with Crippen LogP contribution in [0.15, 0.2) is 42.5 Å². The van der Waals surface area contributed by atoms with Crippen molar-refractivity contribution >= 4 is 11.5 Å². The number of carbonyl (C=O) groups excluding carboxylic acids is 1. The fraction of sp³-hybridized carbons (Fsp3) is 0.188. The molecule has 0 aliphatic rings. The van der Waals surface area contributed by atoms with Crippen LogP contribution < -0.4 is 10.1 Å². The van der Waals surface area contributed by atoms with Crippen LogP contribution in [0.25, 0.3) is 0 Å². The molecule has 0 aromatic heterocycles. The first kappa shape index (κ1) is 14.1. The number of aryl methyl sites for hydroxylation is 1. The van der Waals surface area contributed by atoms with Crippen LogP contribution in [-0.2, 0) is 0 Å². The number of benzene rings is 2. The molecule has 0 unspecified atom stereocenters. The van der Waals surface area contributed by atoms with Crippen molar-refractivity contribution in [2.75, 3.05) is 19.0 Å². The van der Waals surface area contributed by atoms with Crippen LogP contribution in [0, 0.1) is 12.7 Å². The van der Waals surface area contributed by atoms with Gasteiger partial charge in [0.05, 0.1) is 24.9 Å². The Labute approximate surface area is 117 Å². The van der Waals surface area contributed by atoms with Gasteiger partial charge in [-0.2, -0.15) is 0 Å². The Bertz CT molecular complexity index is 626. The van der Waals surface area contributed by atoms with E-state index in [0.717, 1.165) is 5.56 Å².